The number of aliphatic hydroxyl groups is 1. The SMILES string of the molecule is COc1ccc(CNCc2ccc(CO)o2)cc1. The number of methoxy groups -OCH3 is 1. The van der Waals surface area contributed by atoms with E-state index in [1.54, 1.807) is 13.2 Å². The Morgan fingerprint density at radius 1 is 1.06 bits per heavy atom. The maximum absolute atomic E-state index is 8.88. The van der Waals surface area contributed by atoms with Gasteiger partial charge in [-0.15, -0.1) is 0 Å². The normalized spacial score (nSPS) is 10.6. The van der Waals surface area contributed by atoms with E-state index in [1.165, 1.54) is 5.56 Å². The number of hydrogen-bond acceptors (Lipinski definition) is 4. The molecule has 4 heteroatoms. The van der Waals surface area contributed by atoms with E-state index >= 15 is 0 Å². The zero-order valence-electron chi connectivity index (χ0n) is 10.3. The highest BCUT2D eigenvalue weighted by atomic mass is 16.5. The lowest BCUT2D eigenvalue weighted by atomic mass is 10.2. The largest absolute Gasteiger partial charge is 0.497 e. The molecule has 1 aromatic carbocycles. The highest BCUT2D eigenvalue weighted by molar-refractivity contribution is 5.27. The van der Waals surface area contributed by atoms with Crippen molar-refractivity contribution in [1.82, 2.24) is 5.32 Å². The van der Waals surface area contributed by atoms with Crippen LogP contribution in [0.15, 0.2) is 40.8 Å². The van der Waals surface area contributed by atoms with Gasteiger partial charge in [0.25, 0.3) is 0 Å². The lowest BCUT2D eigenvalue weighted by Gasteiger charge is -2.04. The molecular weight excluding hydrogens is 230 g/mol. The van der Waals surface area contributed by atoms with Crippen molar-refractivity contribution in [3.8, 4) is 5.75 Å². The highest BCUT2D eigenvalue weighted by Gasteiger charge is 2.00. The molecule has 0 bridgehead atoms. The topological polar surface area (TPSA) is 54.6 Å². The molecule has 2 N–H and O–H groups in total. The van der Waals surface area contributed by atoms with Gasteiger partial charge in [0.1, 0.15) is 23.9 Å². The van der Waals surface area contributed by atoms with Crippen molar-refractivity contribution < 1.29 is 14.3 Å². The van der Waals surface area contributed by atoms with E-state index in [0.29, 0.717) is 12.3 Å². The average molecular weight is 247 g/mol. The fourth-order valence-corrected chi connectivity index (χ4v) is 1.68. The van der Waals surface area contributed by atoms with Crippen LogP contribution in [0.25, 0.3) is 0 Å². The number of benzene rings is 1. The smallest absolute Gasteiger partial charge is 0.129 e. The first-order valence-electron chi connectivity index (χ1n) is 5.84. The Labute approximate surface area is 106 Å². The zero-order chi connectivity index (χ0) is 12.8. The number of nitrogens with one attached hydrogen (secondary N) is 1. The van der Waals surface area contributed by atoms with Gasteiger partial charge in [0.15, 0.2) is 0 Å². The molecule has 2 aromatic rings. The number of ether oxygens (including phenoxy) is 1. The lowest BCUT2D eigenvalue weighted by molar-refractivity contribution is 0.242. The summed E-state index contributed by atoms with van der Waals surface area (Å²) in [6.45, 7) is 1.35. The van der Waals surface area contributed by atoms with Gasteiger partial charge in [-0.05, 0) is 29.8 Å². The second-order valence-corrected chi connectivity index (χ2v) is 3.98. The van der Waals surface area contributed by atoms with Crippen molar-refractivity contribution in [3.05, 3.63) is 53.5 Å². The summed E-state index contributed by atoms with van der Waals surface area (Å²) in [7, 11) is 1.66. The summed E-state index contributed by atoms with van der Waals surface area (Å²) in [4.78, 5) is 0. The van der Waals surface area contributed by atoms with E-state index in [0.717, 1.165) is 18.1 Å². The Bertz CT molecular complexity index is 476. The molecular formula is C14H17NO3. The molecule has 1 aromatic heterocycles. The number of rotatable bonds is 6. The van der Waals surface area contributed by atoms with Crippen LogP contribution in [0.3, 0.4) is 0 Å². The molecule has 0 saturated heterocycles. The predicted molar refractivity (Wildman–Crippen MR) is 68.2 cm³/mol. The molecule has 96 valence electrons. The van der Waals surface area contributed by atoms with Gasteiger partial charge in [-0.3, -0.25) is 0 Å². The minimum atomic E-state index is -0.0571. The maximum Gasteiger partial charge on any atom is 0.129 e. The van der Waals surface area contributed by atoms with E-state index in [2.05, 4.69) is 5.32 Å². The minimum Gasteiger partial charge on any atom is -0.497 e. The molecule has 18 heavy (non-hydrogen) atoms. The standard InChI is InChI=1S/C14H17NO3/c1-17-12-4-2-11(3-5-12)8-15-9-13-6-7-14(10-16)18-13/h2-7,15-16H,8-10H2,1H3. The van der Waals surface area contributed by atoms with Crippen molar-refractivity contribution in [2.75, 3.05) is 7.11 Å². The molecule has 0 aliphatic heterocycles. The molecule has 0 aliphatic rings. The second kappa shape index (κ2) is 6.23. The Morgan fingerprint density at radius 2 is 1.78 bits per heavy atom. The van der Waals surface area contributed by atoms with Crippen LogP contribution in [-0.2, 0) is 19.7 Å². The van der Waals surface area contributed by atoms with E-state index < -0.39 is 0 Å². The Morgan fingerprint density at radius 3 is 2.39 bits per heavy atom. The third-order valence-electron chi connectivity index (χ3n) is 2.66. The molecule has 0 saturated carbocycles. The van der Waals surface area contributed by atoms with Crippen LogP contribution in [0.2, 0.25) is 0 Å². The summed E-state index contributed by atoms with van der Waals surface area (Å²) >= 11 is 0. The summed E-state index contributed by atoms with van der Waals surface area (Å²) in [6, 6.07) is 11.6. The molecule has 0 spiro atoms. The summed E-state index contributed by atoms with van der Waals surface area (Å²) in [5.74, 6) is 2.28. The third kappa shape index (κ3) is 3.35. The Kier molecular flexibility index (Phi) is 4.39. The van der Waals surface area contributed by atoms with Gasteiger partial charge in [0.2, 0.25) is 0 Å². The molecule has 0 aliphatic carbocycles. The number of hydrogen-bond donors (Lipinski definition) is 2. The van der Waals surface area contributed by atoms with Crippen molar-refractivity contribution in [3.63, 3.8) is 0 Å². The average Bonchev–Trinajstić information content (AvgIpc) is 2.87. The van der Waals surface area contributed by atoms with Crippen LogP contribution in [-0.4, -0.2) is 12.2 Å². The van der Waals surface area contributed by atoms with Crippen LogP contribution in [0.5, 0.6) is 5.75 Å². The fourth-order valence-electron chi connectivity index (χ4n) is 1.68. The molecule has 0 amide bonds. The van der Waals surface area contributed by atoms with Crippen LogP contribution in [0.4, 0.5) is 0 Å². The molecule has 0 atom stereocenters. The van der Waals surface area contributed by atoms with E-state index in [-0.39, 0.29) is 6.61 Å². The van der Waals surface area contributed by atoms with Gasteiger partial charge < -0.3 is 19.6 Å². The monoisotopic (exact) mass is 247 g/mol. The van der Waals surface area contributed by atoms with Gasteiger partial charge in [-0.25, -0.2) is 0 Å². The summed E-state index contributed by atoms with van der Waals surface area (Å²) < 4.78 is 10.5. The fraction of sp³-hybridized carbons (Fsp3) is 0.286. The first-order chi connectivity index (χ1) is 8.81. The van der Waals surface area contributed by atoms with Crippen LogP contribution < -0.4 is 10.1 Å². The summed E-state index contributed by atoms with van der Waals surface area (Å²) in [5, 5.41) is 12.2. The third-order valence-corrected chi connectivity index (χ3v) is 2.66. The Hall–Kier alpha value is -1.78. The molecule has 0 radical (unpaired) electrons. The summed E-state index contributed by atoms with van der Waals surface area (Å²) in [6.07, 6.45) is 0. The van der Waals surface area contributed by atoms with E-state index in [4.69, 9.17) is 14.3 Å². The Balaban J connectivity index is 1.80. The van der Waals surface area contributed by atoms with Crippen LogP contribution in [0, 0.1) is 0 Å². The van der Waals surface area contributed by atoms with E-state index in [1.807, 2.05) is 30.3 Å². The molecule has 0 fully saturated rings. The van der Waals surface area contributed by atoms with Gasteiger partial charge in [-0.2, -0.15) is 0 Å². The zero-order valence-corrected chi connectivity index (χ0v) is 10.3. The lowest BCUT2D eigenvalue weighted by Crippen LogP contribution is -2.11. The predicted octanol–water partition coefficient (Wildman–Crippen LogP) is 2.07. The van der Waals surface area contributed by atoms with Gasteiger partial charge in [0, 0.05) is 6.54 Å². The molecule has 1 heterocycles. The second-order valence-electron chi connectivity index (χ2n) is 3.98. The first kappa shape index (κ1) is 12.7. The quantitative estimate of drug-likeness (QED) is 0.820. The van der Waals surface area contributed by atoms with Crippen molar-refractivity contribution >= 4 is 0 Å². The maximum atomic E-state index is 8.88. The van der Waals surface area contributed by atoms with Gasteiger partial charge in [0.05, 0.1) is 13.7 Å². The molecule has 0 unspecified atom stereocenters. The van der Waals surface area contributed by atoms with Gasteiger partial charge >= 0.3 is 0 Å². The number of furan rings is 1. The molecule has 2 rings (SSSR count). The van der Waals surface area contributed by atoms with Crippen molar-refractivity contribution in [1.29, 1.82) is 0 Å². The van der Waals surface area contributed by atoms with E-state index in [9.17, 15) is 0 Å². The highest BCUT2D eigenvalue weighted by Crippen LogP contribution is 2.11. The van der Waals surface area contributed by atoms with Crippen molar-refractivity contribution in [2.45, 2.75) is 19.7 Å². The first-order valence-corrected chi connectivity index (χ1v) is 5.84. The van der Waals surface area contributed by atoms with Crippen molar-refractivity contribution in [2.24, 2.45) is 0 Å². The number of aliphatic hydroxyl groups excluding tert-OH is 1. The summed E-state index contributed by atoms with van der Waals surface area (Å²) in [5.41, 5.74) is 1.18. The van der Waals surface area contributed by atoms with Crippen LogP contribution >= 0.6 is 0 Å². The minimum absolute atomic E-state index is 0.0571. The van der Waals surface area contributed by atoms with Crippen LogP contribution in [0.1, 0.15) is 17.1 Å². The van der Waals surface area contributed by atoms with Gasteiger partial charge in [-0.1, -0.05) is 12.1 Å². The molecule has 4 nitrogen and oxygen atoms in total.